The second-order valence-corrected chi connectivity index (χ2v) is 6.34. The summed E-state index contributed by atoms with van der Waals surface area (Å²) >= 11 is 0. The highest BCUT2D eigenvalue weighted by Crippen LogP contribution is 2.33. The first-order valence-electron chi connectivity index (χ1n) is 8.37. The molecule has 4 rings (SSSR count). The number of hydrogen-bond donors (Lipinski definition) is 1. The maximum absolute atomic E-state index is 6.01. The molecule has 3 heterocycles. The molecule has 0 aliphatic carbocycles. The predicted molar refractivity (Wildman–Crippen MR) is 91.6 cm³/mol. The van der Waals surface area contributed by atoms with Gasteiger partial charge in [0.15, 0.2) is 5.76 Å². The Kier molecular flexibility index (Phi) is 4.33. The fourth-order valence-electron chi connectivity index (χ4n) is 3.40. The second-order valence-electron chi connectivity index (χ2n) is 6.34. The van der Waals surface area contributed by atoms with E-state index in [-0.39, 0.29) is 12.1 Å². The maximum Gasteiger partial charge on any atom is 0.209 e. The van der Waals surface area contributed by atoms with Crippen molar-refractivity contribution in [2.24, 2.45) is 0 Å². The molecule has 130 valence electrons. The van der Waals surface area contributed by atoms with Crippen molar-refractivity contribution in [3.05, 3.63) is 54.1 Å². The van der Waals surface area contributed by atoms with Gasteiger partial charge in [-0.05, 0) is 18.9 Å². The van der Waals surface area contributed by atoms with E-state index in [1.807, 2.05) is 18.2 Å². The van der Waals surface area contributed by atoms with Gasteiger partial charge in [-0.2, -0.15) is 5.10 Å². The van der Waals surface area contributed by atoms with Gasteiger partial charge in [0.25, 0.3) is 0 Å². The molecule has 1 fully saturated rings. The van der Waals surface area contributed by atoms with Crippen LogP contribution in [0.4, 0.5) is 0 Å². The monoisotopic (exact) mass is 339 g/mol. The SMILES string of the molecule is CO[C@@H]1C[C@@H](c2ncn[nH]2)N(Cc2ncc(-c3ccccc3C)o2)C1. The molecule has 7 nitrogen and oxygen atoms in total. The first-order chi connectivity index (χ1) is 12.2. The van der Waals surface area contributed by atoms with Crippen molar-refractivity contribution in [1.82, 2.24) is 25.1 Å². The van der Waals surface area contributed by atoms with E-state index in [2.05, 4.69) is 38.1 Å². The molecule has 0 radical (unpaired) electrons. The van der Waals surface area contributed by atoms with E-state index in [1.54, 1.807) is 13.3 Å². The molecule has 0 amide bonds. The van der Waals surface area contributed by atoms with E-state index < -0.39 is 0 Å². The second kappa shape index (κ2) is 6.78. The van der Waals surface area contributed by atoms with Gasteiger partial charge in [0, 0.05) is 19.2 Å². The third-order valence-electron chi connectivity index (χ3n) is 4.75. The van der Waals surface area contributed by atoms with Gasteiger partial charge in [0.05, 0.1) is 24.9 Å². The largest absolute Gasteiger partial charge is 0.439 e. The van der Waals surface area contributed by atoms with Crippen LogP contribution in [0.15, 0.2) is 41.2 Å². The summed E-state index contributed by atoms with van der Waals surface area (Å²) in [6.45, 7) is 3.49. The fourth-order valence-corrected chi connectivity index (χ4v) is 3.40. The van der Waals surface area contributed by atoms with E-state index >= 15 is 0 Å². The quantitative estimate of drug-likeness (QED) is 0.770. The summed E-state index contributed by atoms with van der Waals surface area (Å²) < 4.78 is 11.6. The normalized spacial score (nSPS) is 21.0. The Labute approximate surface area is 146 Å². The number of benzene rings is 1. The van der Waals surface area contributed by atoms with Crippen molar-refractivity contribution in [2.75, 3.05) is 13.7 Å². The van der Waals surface area contributed by atoms with E-state index in [1.165, 1.54) is 11.9 Å². The molecule has 1 aliphatic heterocycles. The van der Waals surface area contributed by atoms with Gasteiger partial charge in [0.1, 0.15) is 12.2 Å². The number of rotatable bonds is 5. The zero-order valence-electron chi connectivity index (χ0n) is 14.3. The predicted octanol–water partition coefficient (Wildman–Crippen LogP) is 2.73. The number of H-pyrrole nitrogens is 1. The molecule has 1 aliphatic rings. The molecule has 1 aromatic carbocycles. The third kappa shape index (κ3) is 3.20. The van der Waals surface area contributed by atoms with Crippen LogP contribution in [0.5, 0.6) is 0 Å². The summed E-state index contributed by atoms with van der Waals surface area (Å²) in [6, 6.07) is 8.28. The van der Waals surface area contributed by atoms with Crippen LogP contribution in [-0.2, 0) is 11.3 Å². The lowest BCUT2D eigenvalue weighted by atomic mass is 10.1. The molecule has 3 aromatic rings. The lowest BCUT2D eigenvalue weighted by Gasteiger charge is -2.20. The highest BCUT2D eigenvalue weighted by atomic mass is 16.5. The number of hydrogen-bond acceptors (Lipinski definition) is 6. The van der Waals surface area contributed by atoms with Crippen molar-refractivity contribution in [2.45, 2.75) is 32.0 Å². The molecule has 25 heavy (non-hydrogen) atoms. The minimum Gasteiger partial charge on any atom is -0.439 e. The van der Waals surface area contributed by atoms with Crippen molar-refractivity contribution < 1.29 is 9.15 Å². The van der Waals surface area contributed by atoms with Gasteiger partial charge in [-0.15, -0.1) is 0 Å². The van der Waals surface area contributed by atoms with E-state index in [0.717, 1.165) is 30.1 Å². The summed E-state index contributed by atoms with van der Waals surface area (Å²) in [7, 11) is 1.74. The van der Waals surface area contributed by atoms with Crippen molar-refractivity contribution in [3.63, 3.8) is 0 Å². The Balaban J connectivity index is 1.54. The van der Waals surface area contributed by atoms with E-state index in [4.69, 9.17) is 9.15 Å². The van der Waals surface area contributed by atoms with Crippen LogP contribution in [0.1, 0.15) is 29.7 Å². The standard InChI is InChI=1S/C18H21N5O2/c1-12-5-3-4-6-14(12)16-8-19-17(25-16)10-23-9-13(24-2)7-15(23)18-20-11-21-22-18/h3-6,8,11,13,15H,7,9-10H2,1-2H3,(H,20,21,22)/t13-,15+/m1/s1. The number of aryl methyl sites for hydroxylation is 1. The molecule has 1 saturated heterocycles. The Morgan fingerprint density at radius 1 is 1.32 bits per heavy atom. The molecule has 0 unspecified atom stereocenters. The molecule has 0 bridgehead atoms. The van der Waals surface area contributed by atoms with E-state index in [0.29, 0.717) is 12.4 Å². The molecular weight excluding hydrogens is 318 g/mol. The van der Waals surface area contributed by atoms with Crippen LogP contribution >= 0.6 is 0 Å². The maximum atomic E-state index is 6.01. The number of nitrogens with zero attached hydrogens (tertiary/aromatic N) is 4. The van der Waals surface area contributed by atoms with Crippen LogP contribution < -0.4 is 0 Å². The molecule has 0 saturated carbocycles. The summed E-state index contributed by atoms with van der Waals surface area (Å²) in [5.41, 5.74) is 2.24. The summed E-state index contributed by atoms with van der Waals surface area (Å²) in [4.78, 5) is 11.0. The Bertz CT molecular complexity index is 830. The first kappa shape index (κ1) is 16.0. The van der Waals surface area contributed by atoms with Crippen molar-refractivity contribution in [1.29, 1.82) is 0 Å². The lowest BCUT2D eigenvalue weighted by molar-refractivity contribution is 0.106. The van der Waals surface area contributed by atoms with Crippen LogP contribution in [0.2, 0.25) is 0 Å². The molecule has 7 heteroatoms. The van der Waals surface area contributed by atoms with Gasteiger partial charge in [-0.25, -0.2) is 9.97 Å². The van der Waals surface area contributed by atoms with Gasteiger partial charge in [-0.3, -0.25) is 10.00 Å². The fraction of sp³-hybridized carbons (Fsp3) is 0.389. The lowest BCUT2D eigenvalue weighted by Crippen LogP contribution is -2.25. The number of methoxy groups -OCH3 is 1. The number of oxazole rings is 1. The Morgan fingerprint density at radius 3 is 2.96 bits per heavy atom. The van der Waals surface area contributed by atoms with Crippen LogP contribution in [0, 0.1) is 6.92 Å². The Morgan fingerprint density at radius 2 is 2.20 bits per heavy atom. The van der Waals surface area contributed by atoms with Gasteiger partial charge >= 0.3 is 0 Å². The third-order valence-corrected chi connectivity index (χ3v) is 4.75. The highest BCUT2D eigenvalue weighted by molar-refractivity contribution is 5.60. The van der Waals surface area contributed by atoms with Gasteiger partial charge in [0.2, 0.25) is 5.89 Å². The number of aromatic nitrogens is 4. The Hall–Kier alpha value is -2.51. The summed E-state index contributed by atoms with van der Waals surface area (Å²) in [6.07, 6.45) is 4.37. The van der Waals surface area contributed by atoms with Crippen LogP contribution in [0.3, 0.4) is 0 Å². The first-order valence-corrected chi connectivity index (χ1v) is 8.37. The smallest absolute Gasteiger partial charge is 0.209 e. The highest BCUT2D eigenvalue weighted by Gasteiger charge is 2.35. The number of likely N-dealkylation sites (tertiary alicyclic amines) is 1. The zero-order chi connectivity index (χ0) is 17.2. The zero-order valence-corrected chi connectivity index (χ0v) is 14.3. The molecule has 0 spiro atoms. The summed E-state index contributed by atoms with van der Waals surface area (Å²) in [5, 5.41) is 6.94. The van der Waals surface area contributed by atoms with Gasteiger partial charge < -0.3 is 9.15 Å². The molecule has 1 N–H and O–H groups in total. The number of ether oxygens (including phenoxy) is 1. The molecule has 2 aromatic heterocycles. The van der Waals surface area contributed by atoms with E-state index in [9.17, 15) is 0 Å². The minimum absolute atomic E-state index is 0.126. The minimum atomic E-state index is 0.126. The number of aromatic amines is 1. The topological polar surface area (TPSA) is 80.1 Å². The number of nitrogens with one attached hydrogen (secondary N) is 1. The average molecular weight is 339 g/mol. The van der Waals surface area contributed by atoms with Crippen LogP contribution in [0.25, 0.3) is 11.3 Å². The van der Waals surface area contributed by atoms with Crippen molar-refractivity contribution in [3.8, 4) is 11.3 Å². The van der Waals surface area contributed by atoms with Gasteiger partial charge in [-0.1, -0.05) is 24.3 Å². The summed E-state index contributed by atoms with van der Waals surface area (Å²) in [5.74, 6) is 2.34. The molecular formula is C18H21N5O2. The molecule has 2 atom stereocenters. The van der Waals surface area contributed by atoms with Crippen molar-refractivity contribution >= 4 is 0 Å². The van der Waals surface area contributed by atoms with Crippen LogP contribution in [-0.4, -0.2) is 44.8 Å². The average Bonchev–Trinajstić information content (AvgIpc) is 3.36.